The van der Waals surface area contributed by atoms with Gasteiger partial charge in [0.25, 0.3) is 0 Å². The van der Waals surface area contributed by atoms with E-state index in [-0.39, 0.29) is 5.41 Å². The molecule has 0 spiro atoms. The highest BCUT2D eigenvalue weighted by Gasteiger charge is 2.48. The number of ether oxygens (including phenoxy) is 2. The summed E-state index contributed by atoms with van der Waals surface area (Å²) in [5.74, 6) is 0. The van der Waals surface area contributed by atoms with Crippen molar-refractivity contribution in [1.82, 2.24) is 5.32 Å². The SMILES string of the molecule is COC1CC(NC2CCOCC2)C1(C)C. The summed E-state index contributed by atoms with van der Waals surface area (Å²) in [6.45, 7) is 6.42. The molecule has 0 radical (unpaired) electrons. The summed E-state index contributed by atoms with van der Waals surface area (Å²) >= 11 is 0. The Hall–Kier alpha value is -0.120. The van der Waals surface area contributed by atoms with Crippen LogP contribution in [0.1, 0.15) is 33.1 Å². The molecule has 1 saturated heterocycles. The van der Waals surface area contributed by atoms with E-state index in [9.17, 15) is 0 Å². The predicted molar refractivity (Wildman–Crippen MR) is 60.0 cm³/mol. The quantitative estimate of drug-likeness (QED) is 0.772. The predicted octanol–water partition coefficient (Wildman–Crippen LogP) is 1.57. The van der Waals surface area contributed by atoms with E-state index in [0.717, 1.165) is 32.5 Å². The minimum Gasteiger partial charge on any atom is -0.381 e. The lowest BCUT2D eigenvalue weighted by molar-refractivity contribution is -0.103. The Morgan fingerprint density at radius 1 is 1.27 bits per heavy atom. The van der Waals surface area contributed by atoms with Crippen LogP contribution >= 0.6 is 0 Å². The van der Waals surface area contributed by atoms with Gasteiger partial charge < -0.3 is 14.8 Å². The van der Waals surface area contributed by atoms with Gasteiger partial charge in [0.2, 0.25) is 0 Å². The van der Waals surface area contributed by atoms with Crippen molar-refractivity contribution in [3.63, 3.8) is 0 Å². The summed E-state index contributed by atoms with van der Waals surface area (Å²) in [5.41, 5.74) is 0.285. The lowest BCUT2D eigenvalue weighted by Gasteiger charge is -2.52. The Labute approximate surface area is 92.5 Å². The molecule has 2 atom stereocenters. The standard InChI is InChI=1S/C12H23NO2/c1-12(2)10(8-11(12)14-3)13-9-4-6-15-7-5-9/h9-11,13H,4-8H2,1-3H3. The van der Waals surface area contributed by atoms with Crippen molar-refractivity contribution in [1.29, 1.82) is 0 Å². The molecular formula is C12H23NO2. The minimum absolute atomic E-state index is 0.285. The molecule has 1 aliphatic heterocycles. The molecule has 15 heavy (non-hydrogen) atoms. The molecule has 2 aliphatic rings. The zero-order valence-electron chi connectivity index (χ0n) is 10.1. The highest BCUT2D eigenvalue weighted by atomic mass is 16.5. The fraction of sp³-hybridized carbons (Fsp3) is 1.00. The third-order valence-corrected chi connectivity index (χ3v) is 4.12. The van der Waals surface area contributed by atoms with E-state index in [2.05, 4.69) is 19.2 Å². The van der Waals surface area contributed by atoms with E-state index >= 15 is 0 Å². The van der Waals surface area contributed by atoms with Gasteiger partial charge in [0.1, 0.15) is 0 Å². The first-order valence-corrected chi connectivity index (χ1v) is 6.01. The second kappa shape index (κ2) is 4.40. The molecule has 2 rings (SSSR count). The van der Waals surface area contributed by atoms with Crippen molar-refractivity contribution in [3.8, 4) is 0 Å². The zero-order chi connectivity index (χ0) is 10.9. The molecule has 1 saturated carbocycles. The van der Waals surface area contributed by atoms with Gasteiger partial charge in [0.05, 0.1) is 6.10 Å². The van der Waals surface area contributed by atoms with Gasteiger partial charge in [0, 0.05) is 37.8 Å². The van der Waals surface area contributed by atoms with Crippen molar-refractivity contribution < 1.29 is 9.47 Å². The van der Waals surface area contributed by atoms with Crippen LogP contribution in [-0.4, -0.2) is 38.5 Å². The molecule has 0 aromatic carbocycles. The number of rotatable bonds is 3. The van der Waals surface area contributed by atoms with Crippen LogP contribution in [-0.2, 0) is 9.47 Å². The summed E-state index contributed by atoms with van der Waals surface area (Å²) in [6.07, 6.45) is 3.89. The van der Waals surface area contributed by atoms with Crippen molar-refractivity contribution in [2.75, 3.05) is 20.3 Å². The maximum atomic E-state index is 5.46. The van der Waals surface area contributed by atoms with Crippen LogP contribution < -0.4 is 5.32 Å². The third kappa shape index (κ3) is 2.19. The fourth-order valence-corrected chi connectivity index (χ4v) is 2.72. The van der Waals surface area contributed by atoms with E-state index in [1.807, 2.05) is 7.11 Å². The molecule has 3 nitrogen and oxygen atoms in total. The Balaban J connectivity index is 1.81. The van der Waals surface area contributed by atoms with Crippen LogP contribution in [0.3, 0.4) is 0 Å². The second-order valence-corrected chi connectivity index (χ2v) is 5.39. The van der Waals surface area contributed by atoms with Crippen LogP contribution in [0.4, 0.5) is 0 Å². The first-order chi connectivity index (χ1) is 7.14. The summed E-state index contributed by atoms with van der Waals surface area (Å²) in [4.78, 5) is 0. The summed E-state index contributed by atoms with van der Waals surface area (Å²) in [7, 11) is 1.82. The molecule has 2 unspecified atom stereocenters. The van der Waals surface area contributed by atoms with Crippen LogP contribution in [0.25, 0.3) is 0 Å². The van der Waals surface area contributed by atoms with E-state index in [1.54, 1.807) is 0 Å². The van der Waals surface area contributed by atoms with Crippen molar-refractivity contribution in [2.45, 2.75) is 51.3 Å². The largest absolute Gasteiger partial charge is 0.381 e. The van der Waals surface area contributed by atoms with E-state index < -0.39 is 0 Å². The van der Waals surface area contributed by atoms with Crippen LogP contribution in [0.2, 0.25) is 0 Å². The number of hydrogen-bond acceptors (Lipinski definition) is 3. The average Bonchev–Trinajstić information content (AvgIpc) is 2.25. The second-order valence-electron chi connectivity index (χ2n) is 5.39. The van der Waals surface area contributed by atoms with Gasteiger partial charge in [-0.15, -0.1) is 0 Å². The monoisotopic (exact) mass is 213 g/mol. The summed E-state index contributed by atoms with van der Waals surface area (Å²) in [5, 5.41) is 3.75. The van der Waals surface area contributed by atoms with Crippen molar-refractivity contribution >= 4 is 0 Å². The van der Waals surface area contributed by atoms with Crippen LogP contribution in [0.15, 0.2) is 0 Å². The van der Waals surface area contributed by atoms with Crippen LogP contribution in [0.5, 0.6) is 0 Å². The molecule has 3 heteroatoms. The smallest absolute Gasteiger partial charge is 0.0652 e. The molecule has 1 heterocycles. The molecule has 2 fully saturated rings. The highest BCUT2D eigenvalue weighted by Crippen LogP contribution is 2.42. The Morgan fingerprint density at radius 3 is 2.47 bits per heavy atom. The first-order valence-electron chi connectivity index (χ1n) is 6.01. The summed E-state index contributed by atoms with van der Waals surface area (Å²) < 4.78 is 10.8. The zero-order valence-corrected chi connectivity index (χ0v) is 10.1. The average molecular weight is 213 g/mol. The minimum atomic E-state index is 0.285. The van der Waals surface area contributed by atoms with Gasteiger partial charge in [-0.05, 0) is 19.3 Å². The van der Waals surface area contributed by atoms with Crippen LogP contribution in [0, 0.1) is 5.41 Å². The molecule has 0 aromatic heterocycles. The van der Waals surface area contributed by atoms with Gasteiger partial charge in [0.15, 0.2) is 0 Å². The molecule has 88 valence electrons. The van der Waals surface area contributed by atoms with Gasteiger partial charge in [-0.2, -0.15) is 0 Å². The van der Waals surface area contributed by atoms with E-state index in [4.69, 9.17) is 9.47 Å². The van der Waals surface area contributed by atoms with Gasteiger partial charge in [-0.1, -0.05) is 13.8 Å². The number of methoxy groups -OCH3 is 1. The Kier molecular flexibility index (Phi) is 3.33. The molecular weight excluding hydrogens is 190 g/mol. The molecule has 0 aromatic rings. The van der Waals surface area contributed by atoms with Gasteiger partial charge >= 0.3 is 0 Å². The normalized spacial score (nSPS) is 36.2. The Morgan fingerprint density at radius 2 is 1.93 bits per heavy atom. The molecule has 0 bridgehead atoms. The first kappa shape index (κ1) is 11.4. The van der Waals surface area contributed by atoms with Gasteiger partial charge in [-0.25, -0.2) is 0 Å². The number of hydrogen-bond donors (Lipinski definition) is 1. The summed E-state index contributed by atoms with van der Waals surface area (Å²) in [6, 6.07) is 1.27. The third-order valence-electron chi connectivity index (χ3n) is 4.12. The number of nitrogens with one attached hydrogen (secondary N) is 1. The maximum Gasteiger partial charge on any atom is 0.0652 e. The van der Waals surface area contributed by atoms with E-state index in [0.29, 0.717) is 18.2 Å². The lowest BCUT2D eigenvalue weighted by Crippen LogP contribution is -2.62. The lowest BCUT2D eigenvalue weighted by atomic mass is 9.64. The van der Waals surface area contributed by atoms with Crippen molar-refractivity contribution in [3.05, 3.63) is 0 Å². The Bertz CT molecular complexity index is 212. The molecule has 1 N–H and O–H groups in total. The fourth-order valence-electron chi connectivity index (χ4n) is 2.72. The van der Waals surface area contributed by atoms with Gasteiger partial charge in [-0.3, -0.25) is 0 Å². The highest BCUT2D eigenvalue weighted by molar-refractivity contribution is 5.03. The topological polar surface area (TPSA) is 30.5 Å². The maximum absolute atomic E-state index is 5.46. The van der Waals surface area contributed by atoms with E-state index in [1.165, 1.54) is 0 Å². The molecule has 0 amide bonds. The van der Waals surface area contributed by atoms with Crippen molar-refractivity contribution in [2.24, 2.45) is 5.41 Å². The molecule has 1 aliphatic carbocycles.